The number of hydrogen-bond acceptors (Lipinski definition) is 7. The lowest BCUT2D eigenvalue weighted by atomic mass is 10.1. The number of rotatable bonds is 11. The van der Waals surface area contributed by atoms with E-state index >= 15 is 0 Å². The number of carbonyl (C=O) groups excluding carboxylic acids is 5. The Labute approximate surface area is 170 Å². The number of nitrogens with one attached hydrogen (secondary N) is 2. The monoisotopic (exact) mass is 419 g/mol. The normalized spacial score (nSPS) is 19.5. The Morgan fingerprint density at radius 2 is 1.69 bits per heavy atom. The van der Waals surface area contributed by atoms with Gasteiger partial charge in [0.25, 0.3) is 11.8 Å². The summed E-state index contributed by atoms with van der Waals surface area (Å²) in [5.41, 5.74) is 0. The lowest BCUT2D eigenvalue weighted by molar-refractivity contribution is -0.197. The van der Waals surface area contributed by atoms with E-state index in [1.165, 1.54) is 0 Å². The maximum absolute atomic E-state index is 12.0. The summed E-state index contributed by atoms with van der Waals surface area (Å²) in [4.78, 5) is 65.1. The minimum atomic E-state index is -0.769. The van der Waals surface area contributed by atoms with E-state index in [1.807, 2.05) is 0 Å². The second-order valence-corrected chi connectivity index (χ2v) is 7.30. The van der Waals surface area contributed by atoms with Crippen molar-refractivity contribution in [3.05, 3.63) is 0 Å². The molecule has 2 aliphatic heterocycles. The molecule has 10 nitrogen and oxygen atoms in total. The molecule has 10 heteroatoms. The summed E-state index contributed by atoms with van der Waals surface area (Å²) in [5.74, 6) is -2.26. The van der Waals surface area contributed by atoms with Crippen molar-refractivity contribution >= 4 is 29.6 Å². The number of amides is 4. The van der Waals surface area contributed by atoms with Crippen molar-refractivity contribution < 1.29 is 28.8 Å². The molecule has 4 amide bonds. The van der Waals surface area contributed by atoms with Crippen LogP contribution in [0.2, 0.25) is 0 Å². The van der Waals surface area contributed by atoms with E-state index in [0.717, 1.165) is 32.2 Å². The van der Waals surface area contributed by atoms with Crippen molar-refractivity contribution in [2.45, 2.75) is 64.3 Å². The van der Waals surface area contributed by atoms with E-state index in [2.05, 4.69) is 22.5 Å². The van der Waals surface area contributed by atoms with Crippen molar-refractivity contribution in [1.82, 2.24) is 20.6 Å². The second kappa shape index (κ2) is 11.5. The molecule has 2 rings (SSSR count). The molecule has 0 aromatic carbocycles. The quantitative estimate of drug-likeness (QED) is 0.272. The maximum Gasteiger partial charge on any atom is 0.334 e. The van der Waals surface area contributed by atoms with Gasteiger partial charge in [-0.1, -0.05) is 13.3 Å². The Hall–Kier alpha value is -2.49. The Morgan fingerprint density at radius 1 is 1.03 bits per heavy atom. The molecular weight excluding hydrogens is 389 g/mol. The summed E-state index contributed by atoms with van der Waals surface area (Å²) in [6, 6.07) is 0.472. The van der Waals surface area contributed by atoms with E-state index in [9.17, 15) is 24.0 Å². The molecule has 0 spiro atoms. The highest BCUT2D eigenvalue weighted by molar-refractivity contribution is 6.01. The summed E-state index contributed by atoms with van der Waals surface area (Å²) < 4.78 is 0. The van der Waals surface area contributed by atoms with Gasteiger partial charge in [-0.15, -0.1) is 5.06 Å². The van der Waals surface area contributed by atoms with Gasteiger partial charge in [-0.2, -0.15) is 0 Å². The zero-order chi connectivity index (χ0) is 21.2. The standard InChI is InChI=1S/C19H30N4O6/c1-2-4-14-5-3-12-22(14)13-16(25)21-10-8-15(24)20-11-9-19(28)29-23-17(26)6-7-18(23)27/h14H,2-13H2,1H3,(H,20,24)(H,21,25)/i8+1,9+1,10+1,11+1,13+1,15+1,19+1,20+1,21+1. The van der Waals surface area contributed by atoms with Crippen LogP contribution in [0.15, 0.2) is 0 Å². The maximum atomic E-state index is 12.0. The van der Waals surface area contributed by atoms with Gasteiger partial charge in [0.2, 0.25) is 11.8 Å². The number of likely N-dealkylation sites (tertiary alicyclic amines) is 1. The van der Waals surface area contributed by atoms with Crippen LogP contribution in [0.3, 0.4) is 0 Å². The van der Waals surface area contributed by atoms with Crippen molar-refractivity contribution in [3.8, 4) is 0 Å². The molecule has 0 aromatic rings. The third kappa shape index (κ3) is 7.45. The summed E-state index contributed by atoms with van der Waals surface area (Å²) in [5, 5.41) is 5.76. The average molecular weight is 419 g/mol. The Bertz CT molecular complexity index is 622. The molecular formula is C19H30N4O6. The molecule has 2 N–H and O–H groups in total. The van der Waals surface area contributed by atoms with Gasteiger partial charge >= 0.3 is 5.97 Å². The molecule has 2 aliphatic rings. The third-order valence-electron chi connectivity index (χ3n) is 4.99. The molecule has 2 fully saturated rings. The predicted molar refractivity (Wildman–Crippen MR) is 102 cm³/mol. The van der Waals surface area contributed by atoms with Crippen LogP contribution in [0.25, 0.3) is 0 Å². The first kappa shape index (κ1) is 22.8. The van der Waals surface area contributed by atoms with Crippen molar-refractivity contribution in [2.24, 2.45) is 0 Å². The van der Waals surface area contributed by atoms with E-state index in [0.29, 0.717) is 17.6 Å². The van der Waals surface area contributed by atoms with Crippen LogP contribution in [0, 0.1) is 0 Å². The van der Waals surface area contributed by atoms with Gasteiger partial charge in [-0.3, -0.25) is 24.1 Å². The molecule has 1 unspecified atom stereocenters. The number of hydrogen-bond donors (Lipinski definition) is 2. The fourth-order valence-corrected chi connectivity index (χ4v) is 3.52. The molecule has 0 radical (unpaired) electrons. The molecule has 2 heterocycles. The molecule has 1 atom stereocenters. The first-order chi connectivity index (χ1) is 13.9. The largest absolute Gasteiger partial charge is 0.355 e. The second-order valence-electron chi connectivity index (χ2n) is 7.30. The van der Waals surface area contributed by atoms with E-state index in [-0.39, 0.29) is 50.6 Å². The molecule has 2 saturated heterocycles. The van der Waals surface area contributed by atoms with Crippen LogP contribution in [-0.2, 0) is 28.8 Å². The Kier molecular flexibility index (Phi) is 9.04. The smallest absolute Gasteiger partial charge is 0.334 e. The highest BCUT2D eigenvalue weighted by Crippen LogP contribution is 2.20. The molecule has 0 saturated carbocycles. The predicted octanol–water partition coefficient (Wildman–Crippen LogP) is -0.129. The van der Waals surface area contributed by atoms with Crippen LogP contribution >= 0.6 is 0 Å². The third-order valence-corrected chi connectivity index (χ3v) is 4.99. The van der Waals surface area contributed by atoms with Gasteiger partial charge in [0.15, 0.2) is 0 Å². The summed E-state index contributed by atoms with van der Waals surface area (Å²) in [7, 11) is 0. The van der Waals surface area contributed by atoms with Crippen LogP contribution in [-0.4, -0.2) is 71.8 Å². The Balaban J connectivity index is 1.54. The molecule has 0 bridgehead atoms. The van der Waals surface area contributed by atoms with Crippen LogP contribution in [0.1, 0.15) is 58.3 Å². The topological polar surface area (TPSA) is 125 Å². The number of carbonyl (C=O) groups is 5. The first-order valence-corrected chi connectivity index (χ1v) is 10.2. The SMILES string of the molecule is CCCC1CCCN1[13CH2]C(=O)[15NH][13CH2][13CH2][13C](=O)[15NH][13CH2][13CH2][13C](=O)ON1C(=O)CCC1=O. The molecule has 0 aliphatic carbocycles. The Morgan fingerprint density at radius 3 is 2.38 bits per heavy atom. The zero-order valence-electron chi connectivity index (χ0n) is 16.9. The number of nitrogens with zero attached hydrogens (tertiary/aromatic N) is 2. The van der Waals surface area contributed by atoms with Crippen molar-refractivity contribution in [1.29, 1.82) is 0 Å². The van der Waals surface area contributed by atoms with Crippen molar-refractivity contribution in [3.63, 3.8) is 0 Å². The summed E-state index contributed by atoms with van der Waals surface area (Å²) in [6.45, 7) is 3.67. The number of hydroxylamine groups is 2. The first-order valence-electron chi connectivity index (χ1n) is 10.2. The van der Waals surface area contributed by atoms with E-state index in [1.54, 1.807) is 0 Å². The fourth-order valence-electron chi connectivity index (χ4n) is 3.52. The van der Waals surface area contributed by atoms with Gasteiger partial charge in [0.05, 0.1) is 13.0 Å². The summed E-state index contributed by atoms with van der Waals surface area (Å²) >= 11 is 0. The molecule has 162 valence electrons. The van der Waals surface area contributed by atoms with Gasteiger partial charge < -0.3 is 15.5 Å². The van der Waals surface area contributed by atoms with Gasteiger partial charge in [0, 0.05) is 38.4 Å². The van der Waals surface area contributed by atoms with Gasteiger partial charge in [0.1, 0.15) is 0 Å². The number of imide groups is 1. The van der Waals surface area contributed by atoms with Gasteiger partial charge in [-0.25, -0.2) is 4.79 Å². The lowest BCUT2D eigenvalue weighted by Gasteiger charge is -2.23. The summed E-state index contributed by atoms with van der Waals surface area (Å²) in [6.07, 6.45) is 4.44. The lowest BCUT2D eigenvalue weighted by Crippen LogP contribution is -2.41. The molecule has 29 heavy (non-hydrogen) atoms. The molecule has 0 aromatic heterocycles. The van der Waals surface area contributed by atoms with E-state index < -0.39 is 17.8 Å². The fraction of sp³-hybridized carbons (Fsp3) is 0.737. The van der Waals surface area contributed by atoms with Crippen molar-refractivity contribution in [2.75, 3.05) is 26.2 Å². The minimum Gasteiger partial charge on any atom is -0.355 e. The average Bonchev–Trinajstić information content (AvgIpc) is 3.23. The minimum absolute atomic E-state index is 0.0221. The highest BCUT2D eigenvalue weighted by atomic mass is 16.8. The van der Waals surface area contributed by atoms with Crippen LogP contribution < -0.4 is 10.6 Å². The zero-order valence-corrected chi connectivity index (χ0v) is 16.9. The van der Waals surface area contributed by atoms with Crippen LogP contribution in [0.4, 0.5) is 0 Å². The van der Waals surface area contributed by atoms with Gasteiger partial charge in [-0.05, 0) is 25.8 Å². The van der Waals surface area contributed by atoms with E-state index in [4.69, 9.17) is 4.84 Å². The highest BCUT2D eigenvalue weighted by Gasteiger charge is 2.32. The van der Waals surface area contributed by atoms with Crippen LogP contribution in [0.5, 0.6) is 0 Å².